The fourth-order valence-electron chi connectivity index (χ4n) is 4.57. The van der Waals surface area contributed by atoms with Crippen LogP contribution in [0, 0.1) is 0 Å². The van der Waals surface area contributed by atoms with E-state index in [0.29, 0.717) is 37.9 Å². The number of nitrogens with one attached hydrogen (secondary N) is 1. The first-order chi connectivity index (χ1) is 16.3. The van der Waals surface area contributed by atoms with Gasteiger partial charge in [-0.1, -0.05) is 12.1 Å². The van der Waals surface area contributed by atoms with Gasteiger partial charge in [-0.05, 0) is 11.6 Å². The number of rotatable bonds is 4. The number of anilines is 1. The molecule has 0 atom stereocenters. The number of benzene rings is 1. The topological polar surface area (TPSA) is 101 Å². The van der Waals surface area contributed by atoms with Crippen LogP contribution in [0.15, 0.2) is 29.4 Å². The number of aliphatic imine (C=N–C) groups is 1. The third-order valence-corrected chi connectivity index (χ3v) is 6.43. The molecule has 2 aromatic heterocycles. The van der Waals surface area contributed by atoms with E-state index in [4.69, 9.17) is 14.7 Å². The zero-order chi connectivity index (χ0) is 22.2. The van der Waals surface area contributed by atoms with Crippen molar-refractivity contribution in [3.63, 3.8) is 0 Å². The molecule has 1 aromatic carbocycles. The van der Waals surface area contributed by atoms with E-state index in [-0.39, 0.29) is 12.5 Å². The summed E-state index contributed by atoms with van der Waals surface area (Å²) in [4.78, 5) is 31.3. The van der Waals surface area contributed by atoms with Crippen molar-refractivity contribution in [2.75, 3.05) is 57.4 Å². The maximum Gasteiger partial charge on any atom is 0.244 e. The average molecular weight is 447 g/mol. The zero-order valence-corrected chi connectivity index (χ0v) is 18.4. The van der Waals surface area contributed by atoms with Crippen LogP contribution in [0.25, 0.3) is 22.3 Å². The third-order valence-electron chi connectivity index (χ3n) is 6.43. The molecule has 3 aromatic rings. The first kappa shape index (κ1) is 20.3. The average Bonchev–Trinajstić information content (AvgIpc) is 3.51. The highest BCUT2D eigenvalue weighted by molar-refractivity contribution is 5.93. The van der Waals surface area contributed by atoms with Crippen molar-refractivity contribution in [1.82, 2.24) is 30.0 Å². The summed E-state index contributed by atoms with van der Waals surface area (Å²) in [6.07, 6.45) is 4.57. The lowest BCUT2D eigenvalue weighted by Crippen LogP contribution is -2.47. The number of hydrogen-bond acceptors (Lipinski definition) is 8. The van der Waals surface area contributed by atoms with Gasteiger partial charge in [-0.2, -0.15) is 10.1 Å². The Morgan fingerprint density at radius 1 is 1.09 bits per heavy atom. The molecule has 3 aliphatic heterocycles. The lowest BCUT2D eigenvalue weighted by atomic mass is 10.0. The van der Waals surface area contributed by atoms with Crippen LogP contribution in [0.2, 0.25) is 0 Å². The standard InChI is InChI=1S/C23H26N8O2/c32-20(29-7-5-24-6-8-29)15-31-22-18(14-26-31)21(17-2-1-16-3-4-25-19(16)13-17)27-23(28-22)30-9-11-33-12-10-30/h1-2,4,13-14,24H,3,5-12,15H2. The molecule has 2 saturated heterocycles. The van der Waals surface area contributed by atoms with Crippen LogP contribution < -0.4 is 10.2 Å². The van der Waals surface area contributed by atoms with Gasteiger partial charge in [0, 0.05) is 57.5 Å². The number of nitrogens with zero attached hydrogens (tertiary/aromatic N) is 7. The summed E-state index contributed by atoms with van der Waals surface area (Å²) in [5, 5.41) is 8.67. The SMILES string of the molecule is O=C(Cn1ncc2c(-c3ccc4c(c3)N=CC4)nc(N3CCOCC3)nc21)N1CCNCC1. The fourth-order valence-corrected chi connectivity index (χ4v) is 4.57. The Morgan fingerprint density at radius 3 is 2.79 bits per heavy atom. The van der Waals surface area contributed by atoms with Crippen molar-refractivity contribution in [3.8, 4) is 11.3 Å². The summed E-state index contributed by atoms with van der Waals surface area (Å²) < 4.78 is 7.23. The molecule has 10 nitrogen and oxygen atoms in total. The summed E-state index contributed by atoms with van der Waals surface area (Å²) in [6.45, 7) is 5.98. The van der Waals surface area contributed by atoms with E-state index in [1.807, 2.05) is 11.1 Å². The Morgan fingerprint density at radius 2 is 1.94 bits per heavy atom. The molecule has 0 spiro atoms. The highest BCUT2D eigenvalue weighted by Gasteiger charge is 2.23. The second-order valence-electron chi connectivity index (χ2n) is 8.50. The number of piperazine rings is 1. The quantitative estimate of drug-likeness (QED) is 0.639. The van der Waals surface area contributed by atoms with Crippen LogP contribution in [0.4, 0.5) is 11.6 Å². The Hall–Kier alpha value is -3.37. The van der Waals surface area contributed by atoms with E-state index >= 15 is 0 Å². The number of fused-ring (bicyclic) bond motifs is 2. The molecule has 0 unspecified atom stereocenters. The predicted molar refractivity (Wildman–Crippen MR) is 125 cm³/mol. The molecule has 10 heteroatoms. The van der Waals surface area contributed by atoms with Gasteiger partial charge in [0.1, 0.15) is 6.54 Å². The van der Waals surface area contributed by atoms with Gasteiger partial charge in [-0.15, -0.1) is 0 Å². The summed E-state index contributed by atoms with van der Waals surface area (Å²) in [5.41, 5.74) is 4.66. The minimum absolute atomic E-state index is 0.0569. The summed E-state index contributed by atoms with van der Waals surface area (Å²) in [6, 6.07) is 6.27. The highest BCUT2D eigenvalue weighted by Crippen LogP contribution is 2.33. The molecule has 0 saturated carbocycles. The zero-order valence-electron chi connectivity index (χ0n) is 18.4. The predicted octanol–water partition coefficient (Wildman–Crippen LogP) is 1.02. The molecule has 0 radical (unpaired) electrons. The van der Waals surface area contributed by atoms with E-state index in [2.05, 4.69) is 38.5 Å². The van der Waals surface area contributed by atoms with E-state index in [1.54, 1.807) is 10.9 Å². The summed E-state index contributed by atoms with van der Waals surface area (Å²) in [5.74, 6) is 0.697. The molecule has 33 heavy (non-hydrogen) atoms. The summed E-state index contributed by atoms with van der Waals surface area (Å²) in [7, 11) is 0. The molecule has 5 heterocycles. The number of aromatic nitrogens is 4. The van der Waals surface area contributed by atoms with Gasteiger partial charge in [-0.25, -0.2) is 9.67 Å². The monoisotopic (exact) mass is 446 g/mol. The van der Waals surface area contributed by atoms with E-state index in [1.165, 1.54) is 5.56 Å². The molecule has 1 amide bonds. The number of carbonyl (C=O) groups excluding carboxylic acids is 1. The number of ether oxygens (including phenoxy) is 1. The Labute approximate surface area is 191 Å². The number of amides is 1. The van der Waals surface area contributed by atoms with Crippen LogP contribution in [0.3, 0.4) is 0 Å². The minimum atomic E-state index is 0.0569. The first-order valence-corrected chi connectivity index (χ1v) is 11.5. The van der Waals surface area contributed by atoms with Crippen LogP contribution in [-0.2, 0) is 22.5 Å². The fraction of sp³-hybridized carbons (Fsp3) is 0.435. The molecular weight excluding hydrogens is 420 g/mol. The maximum absolute atomic E-state index is 12.9. The summed E-state index contributed by atoms with van der Waals surface area (Å²) >= 11 is 0. The van der Waals surface area contributed by atoms with Gasteiger partial charge in [0.25, 0.3) is 0 Å². The van der Waals surface area contributed by atoms with E-state index in [0.717, 1.165) is 54.9 Å². The Balaban J connectivity index is 1.42. The molecular formula is C23H26N8O2. The molecule has 1 N–H and O–H groups in total. The number of hydrogen-bond donors (Lipinski definition) is 1. The van der Waals surface area contributed by atoms with Crippen LogP contribution in [0.5, 0.6) is 0 Å². The largest absolute Gasteiger partial charge is 0.378 e. The molecule has 6 rings (SSSR count). The normalized spacial score (nSPS) is 18.2. The van der Waals surface area contributed by atoms with Crippen molar-refractivity contribution in [2.45, 2.75) is 13.0 Å². The van der Waals surface area contributed by atoms with Gasteiger partial charge in [-0.3, -0.25) is 9.79 Å². The molecule has 0 aliphatic carbocycles. The van der Waals surface area contributed by atoms with Crippen molar-refractivity contribution >= 4 is 34.8 Å². The molecule has 170 valence electrons. The lowest BCUT2D eigenvalue weighted by Gasteiger charge is -2.28. The smallest absolute Gasteiger partial charge is 0.244 e. The van der Waals surface area contributed by atoms with E-state index < -0.39 is 0 Å². The Bertz CT molecular complexity index is 1220. The highest BCUT2D eigenvalue weighted by atomic mass is 16.5. The Kier molecular flexibility index (Phi) is 5.23. The van der Waals surface area contributed by atoms with Gasteiger partial charge in [0.05, 0.1) is 36.2 Å². The minimum Gasteiger partial charge on any atom is -0.378 e. The molecule has 3 aliphatic rings. The van der Waals surface area contributed by atoms with Gasteiger partial charge < -0.3 is 19.9 Å². The second-order valence-corrected chi connectivity index (χ2v) is 8.50. The molecule has 2 fully saturated rings. The third kappa shape index (κ3) is 3.85. The first-order valence-electron chi connectivity index (χ1n) is 11.5. The van der Waals surface area contributed by atoms with Crippen LogP contribution >= 0.6 is 0 Å². The number of morpholine rings is 1. The van der Waals surface area contributed by atoms with E-state index in [9.17, 15) is 4.79 Å². The molecule has 0 bridgehead atoms. The van der Waals surface area contributed by atoms with Gasteiger partial charge >= 0.3 is 0 Å². The van der Waals surface area contributed by atoms with Gasteiger partial charge in [0.2, 0.25) is 11.9 Å². The van der Waals surface area contributed by atoms with Gasteiger partial charge in [0.15, 0.2) is 5.65 Å². The van der Waals surface area contributed by atoms with Crippen LogP contribution in [0.1, 0.15) is 5.56 Å². The number of carbonyl (C=O) groups is 1. The second kappa shape index (κ2) is 8.53. The van der Waals surface area contributed by atoms with Crippen molar-refractivity contribution in [1.29, 1.82) is 0 Å². The van der Waals surface area contributed by atoms with Crippen LogP contribution in [-0.4, -0.2) is 89.3 Å². The van der Waals surface area contributed by atoms with Crippen molar-refractivity contribution < 1.29 is 9.53 Å². The van der Waals surface area contributed by atoms with Crippen molar-refractivity contribution in [3.05, 3.63) is 30.0 Å². The van der Waals surface area contributed by atoms with Crippen molar-refractivity contribution in [2.24, 2.45) is 4.99 Å². The lowest BCUT2D eigenvalue weighted by molar-refractivity contribution is -0.132. The maximum atomic E-state index is 12.9.